The average Bonchev–Trinajstić information content (AvgIpc) is 3.21. The van der Waals surface area contributed by atoms with Crippen LogP contribution >= 0.6 is 23.6 Å². The fourth-order valence-electron chi connectivity index (χ4n) is 3.02. The maximum absolute atomic E-state index is 12.9. The molecule has 0 radical (unpaired) electrons. The summed E-state index contributed by atoms with van der Waals surface area (Å²) >= 11 is 6.63. The van der Waals surface area contributed by atoms with Crippen LogP contribution in [0.2, 0.25) is 0 Å². The van der Waals surface area contributed by atoms with E-state index in [2.05, 4.69) is 10.4 Å². The minimum atomic E-state index is -0.0797. The molecule has 124 valence electrons. The molecule has 1 aliphatic rings. The van der Waals surface area contributed by atoms with Gasteiger partial charge in [-0.05, 0) is 59.7 Å². The van der Waals surface area contributed by atoms with Crippen molar-refractivity contribution in [3.05, 3.63) is 51.0 Å². The number of carbonyl (C=O) groups excluding carboxylic acids is 1. The molecule has 1 aliphatic heterocycles. The van der Waals surface area contributed by atoms with E-state index < -0.39 is 0 Å². The van der Waals surface area contributed by atoms with E-state index in [1.165, 1.54) is 0 Å². The van der Waals surface area contributed by atoms with Crippen LogP contribution in [-0.2, 0) is 4.74 Å². The number of fused-ring (bicyclic) bond motifs is 1. The summed E-state index contributed by atoms with van der Waals surface area (Å²) in [7, 11) is 0. The largest absolute Gasteiger partial charge is 0.429 e. The number of nitrogens with one attached hydrogen (secondary N) is 1. The number of ether oxygens (including phenoxy) is 1. The predicted molar refractivity (Wildman–Crippen MR) is 94.9 cm³/mol. The first-order valence-electron chi connectivity index (χ1n) is 7.70. The normalized spacial score (nSPS) is 21.3. The maximum Gasteiger partial charge on any atom is 0.266 e. The van der Waals surface area contributed by atoms with Gasteiger partial charge in [0.05, 0.1) is 18.2 Å². The Bertz CT molecular complexity index is 929. The maximum atomic E-state index is 12.9. The number of rotatable bonds is 2. The van der Waals surface area contributed by atoms with E-state index >= 15 is 0 Å². The molecule has 0 saturated carbocycles. The molecule has 1 saturated heterocycles. The van der Waals surface area contributed by atoms with Crippen molar-refractivity contribution in [2.24, 2.45) is 0 Å². The topological polar surface area (TPSA) is 58.5 Å². The van der Waals surface area contributed by atoms with Gasteiger partial charge in [0.25, 0.3) is 10.7 Å². The van der Waals surface area contributed by atoms with Crippen molar-refractivity contribution >= 4 is 40.6 Å². The highest BCUT2D eigenvalue weighted by Gasteiger charge is 2.30. The smallest absolute Gasteiger partial charge is 0.266 e. The van der Waals surface area contributed by atoms with Crippen molar-refractivity contribution in [3.8, 4) is 0 Å². The Morgan fingerprint density at radius 1 is 1.38 bits per heavy atom. The van der Waals surface area contributed by atoms with Gasteiger partial charge >= 0.3 is 0 Å². The van der Waals surface area contributed by atoms with Gasteiger partial charge in [-0.3, -0.25) is 4.79 Å². The molecule has 1 aromatic carbocycles. The third-order valence-electron chi connectivity index (χ3n) is 4.13. The van der Waals surface area contributed by atoms with Gasteiger partial charge in [0.15, 0.2) is 5.58 Å². The van der Waals surface area contributed by atoms with Crippen molar-refractivity contribution in [1.29, 1.82) is 0 Å². The quantitative estimate of drug-likeness (QED) is 0.698. The minimum Gasteiger partial charge on any atom is -0.429 e. The van der Waals surface area contributed by atoms with Crippen molar-refractivity contribution < 1.29 is 13.9 Å². The van der Waals surface area contributed by atoms with Crippen LogP contribution < -0.4 is 0 Å². The lowest BCUT2D eigenvalue weighted by atomic mass is 10.1. The second-order valence-corrected chi connectivity index (χ2v) is 7.08. The van der Waals surface area contributed by atoms with Gasteiger partial charge in [0, 0.05) is 12.1 Å². The third-order valence-corrected chi connectivity index (χ3v) is 5.02. The van der Waals surface area contributed by atoms with Gasteiger partial charge in [-0.25, -0.2) is 0 Å². The van der Waals surface area contributed by atoms with E-state index in [4.69, 9.17) is 21.4 Å². The highest BCUT2D eigenvalue weighted by Crippen LogP contribution is 2.28. The molecule has 1 fully saturated rings. The summed E-state index contributed by atoms with van der Waals surface area (Å²) in [5.41, 5.74) is 3.11. The highest BCUT2D eigenvalue weighted by atomic mass is 32.1. The molecule has 0 spiro atoms. The van der Waals surface area contributed by atoms with Crippen molar-refractivity contribution in [2.75, 3.05) is 13.1 Å². The summed E-state index contributed by atoms with van der Waals surface area (Å²) in [5, 5.41) is 4.10. The number of aromatic amines is 1. The first kappa shape index (κ1) is 15.6. The number of benzene rings is 1. The van der Waals surface area contributed by atoms with Gasteiger partial charge in [0.2, 0.25) is 0 Å². The van der Waals surface area contributed by atoms with Crippen LogP contribution in [0.3, 0.4) is 0 Å². The van der Waals surface area contributed by atoms with E-state index in [1.54, 1.807) is 23.5 Å². The van der Waals surface area contributed by atoms with Crippen molar-refractivity contribution in [3.63, 3.8) is 0 Å². The molecule has 2 unspecified atom stereocenters. The molecule has 7 heteroatoms. The second kappa shape index (κ2) is 6.16. The van der Waals surface area contributed by atoms with Gasteiger partial charge < -0.3 is 19.0 Å². The summed E-state index contributed by atoms with van der Waals surface area (Å²) in [4.78, 5) is 18.0. The average molecular weight is 360 g/mol. The van der Waals surface area contributed by atoms with E-state index in [0.717, 1.165) is 11.1 Å². The fourth-order valence-corrected chi connectivity index (χ4v) is 3.92. The molecule has 2 aromatic heterocycles. The van der Waals surface area contributed by atoms with Crippen LogP contribution in [0.5, 0.6) is 0 Å². The van der Waals surface area contributed by atoms with E-state index in [-0.39, 0.29) is 18.1 Å². The number of morpholine rings is 1. The molecule has 3 aromatic rings. The molecular formula is C17H16N2O3S2. The Balaban J connectivity index is 1.60. The van der Waals surface area contributed by atoms with Crippen LogP contribution in [0.4, 0.5) is 0 Å². The summed E-state index contributed by atoms with van der Waals surface area (Å²) in [6.07, 6.45) is -0.0867. The fraction of sp³-hybridized carbons (Fsp3) is 0.294. The number of amides is 1. The molecule has 3 heterocycles. The first-order valence-corrected chi connectivity index (χ1v) is 9.05. The summed E-state index contributed by atoms with van der Waals surface area (Å²) in [6, 6.07) is 7.41. The lowest BCUT2D eigenvalue weighted by Gasteiger charge is -2.36. The molecule has 1 N–H and O–H groups in total. The number of carbonyl (C=O) groups is 1. The lowest BCUT2D eigenvalue weighted by molar-refractivity contribution is -0.0690. The molecule has 0 aliphatic carbocycles. The monoisotopic (exact) mass is 360 g/mol. The number of hydrogen-bond acceptors (Lipinski definition) is 5. The Morgan fingerprint density at radius 2 is 2.25 bits per heavy atom. The molecule has 4 rings (SSSR count). The number of nitrogens with zero attached hydrogens (tertiary/aromatic N) is 1. The highest BCUT2D eigenvalue weighted by molar-refractivity contribution is 7.71. The summed E-state index contributed by atoms with van der Waals surface area (Å²) in [6.45, 7) is 3.12. The van der Waals surface area contributed by atoms with E-state index in [1.807, 2.05) is 29.3 Å². The van der Waals surface area contributed by atoms with Crippen LogP contribution in [0.25, 0.3) is 11.1 Å². The van der Waals surface area contributed by atoms with Crippen LogP contribution in [0.1, 0.15) is 28.9 Å². The van der Waals surface area contributed by atoms with Gasteiger partial charge in [0.1, 0.15) is 6.10 Å². The number of aromatic nitrogens is 1. The van der Waals surface area contributed by atoms with Crippen LogP contribution in [0.15, 0.2) is 39.4 Å². The molecule has 24 heavy (non-hydrogen) atoms. The van der Waals surface area contributed by atoms with E-state index in [0.29, 0.717) is 29.1 Å². The minimum absolute atomic E-state index is 0.00692. The SMILES string of the molecule is CC1CN(C(=O)c2ccc3[nH]c(=S)oc3c2)CC(c2ccsc2)O1. The second-order valence-electron chi connectivity index (χ2n) is 5.93. The van der Waals surface area contributed by atoms with Gasteiger partial charge in [-0.1, -0.05) is 0 Å². The zero-order valence-corrected chi connectivity index (χ0v) is 14.7. The standard InChI is InChI=1S/C17H16N2O3S2/c1-10-7-19(8-15(21-10)12-4-5-24-9-12)16(20)11-2-3-13-14(6-11)22-17(23)18-13/h2-6,9-10,15H,7-8H2,1H3,(H,18,23). The number of H-pyrrole nitrogens is 1. The Morgan fingerprint density at radius 3 is 3.04 bits per heavy atom. The van der Waals surface area contributed by atoms with Crippen molar-refractivity contribution in [2.45, 2.75) is 19.1 Å². The zero-order valence-electron chi connectivity index (χ0n) is 13.0. The number of oxazole rings is 1. The van der Waals surface area contributed by atoms with Crippen LogP contribution in [0, 0.1) is 4.84 Å². The first-order chi connectivity index (χ1) is 11.6. The summed E-state index contributed by atoms with van der Waals surface area (Å²) < 4.78 is 11.4. The Hall–Kier alpha value is -1.96. The van der Waals surface area contributed by atoms with Crippen molar-refractivity contribution in [1.82, 2.24) is 9.88 Å². The number of thiophene rings is 1. The zero-order chi connectivity index (χ0) is 16.7. The Kier molecular flexibility index (Phi) is 3.99. The Labute approximate surface area is 147 Å². The number of hydrogen-bond donors (Lipinski definition) is 1. The van der Waals surface area contributed by atoms with Gasteiger partial charge in [-0.15, -0.1) is 0 Å². The molecular weight excluding hydrogens is 344 g/mol. The molecule has 1 amide bonds. The molecule has 0 bridgehead atoms. The molecule has 2 atom stereocenters. The van der Waals surface area contributed by atoms with Crippen LogP contribution in [-0.4, -0.2) is 35.0 Å². The van der Waals surface area contributed by atoms with E-state index in [9.17, 15) is 4.79 Å². The molecule has 5 nitrogen and oxygen atoms in total. The predicted octanol–water partition coefficient (Wildman–Crippen LogP) is 4.15. The summed E-state index contributed by atoms with van der Waals surface area (Å²) in [5.74, 6) is -0.0189. The lowest BCUT2D eigenvalue weighted by Crippen LogP contribution is -2.45. The third kappa shape index (κ3) is 2.90. The van der Waals surface area contributed by atoms with Gasteiger partial charge in [-0.2, -0.15) is 11.3 Å².